The summed E-state index contributed by atoms with van der Waals surface area (Å²) in [6, 6.07) is 9.49. The average molecular weight is 274 g/mol. The first kappa shape index (κ1) is 16.2. The summed E-state index contributed by atoms with van der Waals surface area (Å²) in [5.74, 6) is 0.579. The SMILES string of the molecule is CCOc1ccccc1C(=O)CN(CC)CC(C)C#N. The normalized spacial score (nSPS) is 11.9. The van der Waals surface area contributed by atoms with Crippen molar-refractivity contribution in [2.24, 2.45) is 5.92 Å². The first-order chi connectivity index (χ1) is 9.62. The average Bonchev–Trinajstić information content (AvgIpc) is 2.47. The predicted molar refractivity (Wildman–Crippen MR) is 78.8 cm³/mol. The van der Waals surface area contributed by atoms with E-state index in [0.717, 1.165) is 6.54 Å². The maximum atomic E-state index is 12.4. The molecule has 0 aliphatic carbocycles. The molecule has 1 rings (SSSR count). The van der Waals surface area contributed by atoms with Crippen molar-refractivity contribution < 1.29 is 9.53 Å². The van der Waals surface area contributed by atoms with Crippen molar-refractivity contribution in [3.05, 3.63) is 29.8 Å². The van der Waals surface area contributed by atoms with Gasteiger partial charge in [-0.1, -0.05) is 19.1 Å². The molecular weight excluding hydrogens is 252 g/mol. The highest BCUT2D eigenvalue weighted by atomic mass is 16.5. The Kier molecular flexibility index (Phi) is 6.75. The molecule has 1 atom stereocenters. The molecule has 0 fully saturated rings. The molecule has 4 heteroatoms. The highest BCUT2D eigenvalue weighted by Crippen LogP contribution is 2.19. The lowest BCUT2D eigenvalue weighted by Gasteiger charge is -2.21. The van der Waals surface area contributed by atoms with Crippen LogP contribution in [0, 0.1) is 17.2 Å². The van der Waals surface area contributed by atoms with E-state index in [2.05, 4.69) is 6.07 Å². The summed E-state index contributed by atoms with van der Waals surface area (Å²) in [6.07, 6.45) is 0. The molecule has 108 valence electrons. The third-order valence-corrected chi connectivity index (χ3v) is 3.05. The van der Waals surface area contributed by atoms with Gasteiger partial charge in [-0.3, -0.25) is 9.69 Å². The van der Waals surface area contributed by atoms with Crippen LogP contribution in [0.25, 0.3) is 0 Å². The van der Waals surface area contributed by atoms with Crippen LogP contribution in [0.15, 0.2) is 24.3 Å². The zero-order chi connectivity index (χ0) is 15.0. The van der Waals surface area contributed by atoms with Crippen molar-refractivity contribution >= 4 is 5.78 Å². The van der Waals surface area contributed by atoms with E-state index >= 15 is 0 Å². The molecular formula is C16H22N2O2. The summed E-state index contributed by atoms with van der Waals surface area (Å²) in [7, 11) is 0. The van der Waals surface area contributed by atoms with Gasteiger partial charge in [-0.2, -0.15) is 5.26 Å². The molecule has 0 amide bonds. The number of hydrogen-bond donors (Lipinski definition) is 0. The van der Waals surface area contributed by atoms with Crippen LogP contribution in [0.5, 0.6) is 5.75 Å². The Labute approximate surface area is 121 Å². The predicted octanol–water partition coefficient (Wildman–Crippen LogP) is 2.75. The zero-order valence-corrected chi connectivity index (χ0v) is 12.4. The molecule has 0 bridgehead atoms. The zero-order valence-electron chi connectivity index (χ0n) is 12.4. The van der Waals surface area contributed by atoms with Crippen LogP contribution in [0.1, 0.15) is 31.1 Å². The number of carbonyl (C=O) groups is 1. The maximum absolute atomic E-state index is 12.4. The van der Waals surface area contributed by atoms with Crippen molar-refractivity contribution in [3.63, 3.8) is 0 Å². The molecule has 20 heavy (non-hydrogen) atoms. The van der Waals surface area contributed by atoms with Crippen LogP contribution in [0.4, 0.5) is 0 Å². The van der Waals surface area contributed by atoms with E-state index in [-0.39, 0.29) is 11.7 Å². The van der Waals surface area contributed by atoms with Crippen LogP contribution in [-0.2, 0) is 0 Å². The molecule has 1 unspecified atom stereocenters. The monoisotopic (exact) mass is 274 g/mol. The fraction of sp³-hybridized carbons (Fsp3) is 0.500. The van der Waals surface area contributed by atoms with Crippen molar-refractivity contribution in [3.8, 4) is 11.8 Å². The van der Waals surface area contributed by atoms with Gasteiger partial charge in [0.05, 0.1) is 30.7 Å². The summed E-state index contributed by atoms with van der Waals surface area (Å²) < 4.78 is 5.48. The molecule has 0 N–H and O–H groups in total. The number of nitriles is 1. The first-order valence-electron chi connectivity index (χ1n) is 6.99. The quantitative estimate of drug-likeness (QED) is 0.684. The van der Waals surface area contributed by atoms with Crippen LogP contribution in [0.3, 0.4) is 0 Å². The van der Waals surface area contributed by atoms with Gasteiger partial charge in [-0.25, -0.2) is 0 Å². The Morgan fingerprint density at radius 1 is 1.40 bits per heavy atom. The number of rotatable bonds is 8. The minimum atomic E-state index is -0.0788. The number of ketones is 1. The van der Waals surface area contributed by atoms with Gasteiger partial charge in [0.15, 0.2) is 5.78 Å². The molecule has 4 nitrogen and oxygen atoms in total. The van der Waals surface area contributed by atoms with E-state index in [4.69, 9.17) is 10.00 Å². The Balaban J connectivity index is 2.77. The molecule has 1 aromatic rings. The summed E-state index contributed by atoms with van der Waals surface area (Å²) in [5.41, 5.74) is 0.609. The standard InChI is InChI=1S/C16H22N2O2/c1-4-18(11-13(3)10-17)12-15(19)14-8-6-7-9-16(14)20-5-2/h6-9,13H,4-5,11-12H2,1-3H3. The van der Waals surface area contributed by atoms with Crippen LogP contribution >= 0.6 is 0 Å². The Morgan fingerprint density at radius 3 is 2.70 bits per heavy atom. The second kappa shape index (κ2) is 8.34. The molecule has 0 aliphatic heterocycles. The second-order valence-corrected chi connectivity index (χ2v) is 4.71. The van der Waals surface area contributed by atoms with Crippen LogP contribution < -0.4 is 4.74 Å². The summed E-state index contributed by atoms with van der Waals surface area (Å²) in [5, 5.41) is 8.86. The molecule has 1 aromatic carbocycles. The maximum Gasteiger partial charge on any atom is 0.180 e. The van der Waals surface area contributed by atoms with E-state index in [1.165, 1.54) is 0 Å². The van der Waals surface area contributed by atoms with Gasteiger partial charge in [0.25, 0.3) is 0 Å². The Bertz CT molecular complexity index is 480. The smallest absolute Gasteiger partial charge is 0.180 e. The third kappa shape index (κ3) is 4.67. The summed E-state index contributed by atoms with van der Waals surface area (Å²) in [4.78, 5) is 14.4. The van der Waals surface area contributed by atoms with Crippen molar-refractivity contribution in [2.45, 2.75) is 20.8 Å². The number of carbonyl (C=O) groups excluding carboxylic acids is 1. The minimum absolute atomic E-state index is 0.0287. The van der Waals surface area contributed by atoms with Gasteiger partial charge in [0, 0.05) is 6.54 Å². The van der Waals surface area contributed by atoms with Crippen molar-refractivity contribution in [1.29, 1.82) is 5.26 Å². The number of likely N-dealkylation sites (N-methyl/N-ethyl adjacent to an activating group) is 1. The molecule has 0 aromatic heterocycles. The fourth-order valence-electron chi connectivity index (χ4n) is 2.00. The van der Waals surface area contributed by atoms with E-state index < -0.39 is 0 Å². The van der Waals surface area contributed by atoms with Gasteiger partial charge in [-0.15, -0.1) is 0 Å². The molecule has 0 saturated heterocycles. The van der Waals surface area contributed by atoms with Gasteiger partial charge >= 0.3 is 0 Å². The second-order valence-electron chi connectivity index (χ2n) is 4.71. The van der Waals surface area contributed by atoms with Gasteiger partial charge in [-0.05, 0) is 32.5 Å². The lowest BCUT2D eigenvalue weighted by Crippen LogP contribution is -2.33. The number of para-hydroxylation sites is 1. The summed E-state index contributed by atoms with van der Waals surface area (Å²) in [6.45, 7) is 7.95. The first-order valence-corrected chi connectivity index (χ1v) is 6.99. The van der Waals surface area contributed by atoms with E-state index in [0.29, 0.717) is 31.0 Å². The number of nitrogens with zero attached hydrogens (tertiary/aromatic N) is 2. The molecule has 0 spiro atoms. The Morgan fingerprint density at radius 2 is 2.10 bits per heavy atom. The fourth-order valence-corrected chi connectivity index (χ4v) is 2.00. The van der Waals surface area contributed by atoms with Crippen LogP contribution in [0.2, 0.25) is 0 Å². The van der Waals surface area contributed by atoms with Crippen molar-refractivity contribution in [2.75, 3.05) is 26.2 Å². The lowest BCUT2D eigenvalue weighted by atomic mass is 10.1. The van der Waals surface area contributed by atoms with Gasteiger partial charge < -0.3 is 4.74 Å². The molecule has 0 heterocycles. The largest absolute Gasteiger partial charge is 0.493 e. The number of benzene rings is 1. The lowest BCUT2D eigenvalue weighted by molar-refractivity contribution is 0.0925. The van der Waals surface area contributed by atoms with E-state index in [9.17, 15) is 4.79 Å². The molecule has 0 radical (unpaired) electrons. The van der Waals surface area contributed by atoms with E-state index in [1.807, 2.05) is 43.9 Å². The number of ether oxygens (including phenoxy) is 1. The Hall–Kier alpha value is -1.86. The number of Topliss-reactive ketones (excluding diaryl/α,β-unsaturated/α-hetero) is 1. The van der Waals surface area contributed by atoms with Gasteiger partial charge in [0.2, 0.25) is 0 Å². The summed E-state index contributed by atoms with van der Waals surface area (Å²) >= 11 is 0. The number of hydrogen-bond acceptors (Lipinski definition) is 4. The highest BCUT2D eigenvalue weighted by molar-refractivity contribution is 6.00. The minimum Gasteiger partial charge on any atom is -0.493 e. The third-order valence-electron chi connectivity index (χ3n) is 3.05. The van der Waals surface area contributed by atoms with E-state index in [1.54, 1.807) is 6.07 Å². The van der Waals surface area contributed by atoms with Gasteiger partial charge in [0.1, 0.15) is 5.75 Å². The molecule has 0 aliphatic rings. The molecule has 0 saturated carbocycles. The van der Waals surface area contributed by atoms with Crippen molar-refractivity contribution in [1.82, 2.24) is 4.90 Å². The van der Waals surface area contributed by atoms with Crippen LogP contribution in [-0.4, -0.2) is 36.9 Å². The topological polar surface area (TPSA) is 53.3 Å². The highest BCUT2D eigenvalue weighted by Gasteiger charge is 2.16.